The lowest BCUT2D eigenvalue weighted by atomic mass is 9.76. The van der Waals surface area contributed by atoms with Gasteiger partial charge in [-0.1, -0.05) is 30.3 Å². The zero-order chi connectivity index (χ0) is 18.0. The van der Waals surface area contributed by atoms with E-state index in [9.17, 15) is 4.79 Å². The number of carbonyl (C=O) groups excluding carboxylic acids is 1. The van der Waals surface area contributed by atoms with Crippen LogP contribution < -0.4 is 0 Å². The number of benzene rings is 1. The first-order chi connectivity index (χ1) is 12.7. The van der Waals surface area contributed by atoms with Gasteiger partial charge in [0.2, 0.25) is 5.91 Å². The van der Waals surface area contributed by atoms with Crippen molar-refractivity contribution >= 4 is 5.91 Å². The second kappa shape index (κ2) is 7.67. The summed E-state index contributed by atoms with van der Waals surface area (Å²) in [5.41, 5.74) is 1.72. The van der Waals surface area contributed by atoms with Crippen molar-refractivity contribution in [3.63, 3.8) is 0 Å². The number of nitrogens with zero attached hydrogens (tertiary/aromatic N) is 3. The number of likely N-dealkylation sites (tertiary alicyclic amines) is 2. The van der Waals surface area contributed by atoms with Gasteiger partial charge in [-0.05, 0) is 50.4 Å². The van der Waals surface area contributed by atoms with Crippen LogP contribution in [0.4, 0.5) is 0 Å². The standard InChI is InChI=1S/C21H31N3O2/c1-22-17-21(15-19(22)20(25)24-11-13-26-14-12-24)7-9-23(10-8-21)16-18-5-3-2-4-6-18/h2-6,19H,7-17H2,1H3. The maximum absolute atomic E-state index is 13.0. The molecule has 0 saturated carbocycles. The molecule has 5 nitrogen and oxygen atoms in total. The van der Waals surface area contributed by atoms with E-state index in [2.05, 4.69) is 47.2 Å². The van der Waals surface area contributed by atoms with Crippen molar-refractivity contribution in [1.82, 2.24) is 14.7 Å². The highest BCUT2D eigenvalue weighted by molar-refractivity contribution is 5.82. The van der Waals surface area contributed by atoms with Crippen molar-refractivity contribution in [1.29, 1.82) is 0 Å². The van der Waals surface area contributed by atoms with Crippen LogP contribution >= 0.6 is 0 Å². The maximum Gasteiger partial charge on any atom is 0.240 e. The Balaban J connectivity index is 1.33. The molecule has 3 saturated heterocycles. The normalized spacial score (nSPS) is 27.1. The molecular formula is C21H31N3O2. The SMILES string of the molecule is CN1CC2(CCN(Cc3ccccc3)CC2)CC1C(=O)N1CCOCC1. The summed E-state index contributed by atoms with van der Waals surface area (Å²) < 4.78 is 5.40. The van der Waals surface area contributed by atoms with E-state index in [-0.39, 0.29) is 6.04 Å². The van der Waals surface area contributed by atoms with E-state index in [0.29, 0.717) is 24.5 Å². The number of amides is 1. The van der Waals surface area contributed by atoms with Gasteiger partial charge in [0.15, 0.2) is 0 Å². The molecule has 0 aliphatic carbocycles. The third kappa shape index (κ3) is 3.80. The second-order valence-electron chi connectivity index (χ2n) is 8.33. The summed E-state index contributed by atoms with van der Waals surface area (Å²) in [6, 6.07) is 10.8. The third-order valence-electron chi connectivity index (χ3n) is 6.52. The molecule has 3 aliphatic rings. The fourth-order valence-corrected chi connectivity index (χ4v) is 4.93. The monoisotopic (exact) mass is 357 g/mol. The molecule has 1 atom stereocenters. The van der Waals surface area contributed by atoms with Gasteiger partial charge in [0.1, 0.15) is 0 Å². The van der Waals surface area contributed by atoms with Crippen molar-refractivity contribution in [3.05, 3.63) is 35.9 Å². The minimum absolute atomic E-state index is 0.0637. The van der Waals surface area contributed by atoms with Gasteiger partial charge in [0.25, 0.3) is 0 Å². The lowest BCUT2D eigenvalue weighted by Gasteiger charge is -2.39. The summed E-state index contributed by atoms with van der Waals surface area (Å²) in [6.07, 6.45) is 3.44. The summed E-state index contributed by atoms with van der Waals surface area (Å²) in [5.74, 6) is 0.319. The van der Waals surface area contributed by atoms with Crippen molar-refractivity contribution in [2.75, 3.05) is 53.0 Å². The van der Waals surface area contributed by atoms with Gasteiger partial charge < -0.3 is 9.64 Å². The van der Waals surface area contributed by atoms with E-state index in [0.717, 1.165) is 45.7 Å². The molecule has 3 heterocycles. The van der Waals surface area contributed by atoms with E-state index >= 15 is 0 Å². The second-order valence-corrected chi connectivity index (χ2v) is 8.33. The highest BCUT2D eigenvalue weighted by Gasteiger charge is 2.47. The molecule has 4 rings (SSSR count). The van der Waals surface area contributed by atoms with Crippen LogP contribution in [0.1, 0.15) is 24.8 Å². The van der Waals surface area contributed by atoms with Gasteiger partial charge in [-0.2, -0.15) is 0 Å². The van der Waals surface area contributed by atoms with E-state index in [1.807, 2.05) is 4.90 Å². The number of morpholine rings is 1. The Bertz CT molecular complexity index is 607. The fraction of sp³-hybridized carbons (Fsp3) is 0.667. The number of hydrogen-bond acceptors (Lipinski definition) is 4. The smallest absolute Gasteiger partial charge is 0.240 e. The number of piperidine rings is 1. The predicted molar refractivity (Wildman–Crippen MR) is 102 cm³/mol. The summed E-state index contributed by atoms with van der Waals surface area (Å²) in [6.45, 7) is 7.25. The molecule has 3 aliphatic heterocycles. The van der Waals surface area contributed by atoms with Gasteiger partial charge in [-0.25, -0.2) is 0 Å². The number of ether oxygens (including phenoxy) is 1. The van der Waals surface area contributed by atoms with Crippen LogP contribution in [0.15, 0.2) is 30.3 Å². The van der Waals surface area contributed by atoms with Crippen LogP contribution in [0.2, 0.25) is 0 Å². The third-order valence-corrected chi connectivity index (χ3v) is 6.52. The van der Waals surface area contributed by atoms with Crippen LogP contribution in [0.3, 0.4) is 0 Å². The number of rotatable bonds is 3. The van der Waals surface area contributed by atoms with Gasteiger partial charge >= 0.3 is 0 Å². The lowest BCUT2D eigenvalue weighted by molar-refractivity contribution is -0.139. The lowest BCUT2D eigenvalue weighted by Crippen LogP contribution is -2.48. The summed E-state index contributed by atoms with van der Waals surface area (Å²) >= 11 is 0. The number of hydrogen-bond donors (Lipinski definition) is 0. The van der Waals surface area contributed by atoms with Crippen molar-refractivity contribution < 1.29 is 9.53 Å². The van der Waals surface area contributed by atoms with Crippen LogP contribution in [0.5, 0.6) is 0 Å². The Morgan fingerprint density at radius 2 is 1.81 bits per heavy atom. The first-order valence-electron chi connectivity index (χ1n) is 9.98. The first kappa shape index (κ1) is 18.0. The molecule has 0 aromatic heterocycles. The van der Waals surface area contributed by atoms with Gasteiger partial charge in [0.05, 0.1) is 19.3 Å². The molecule has 1 unspecified atom stereocenters. The molecule has 1 spiro atoms. The van der Waals surface area contributed by atoms with Crippen LogP contribution in [-0.2, 0) is 16.1 Å². The molecule has 3 fully saturated rings. The molecule has 0 radical (unpaired) electrons. The van der Waals surface area contributed by atoms with Crippen LogP contribution in [0.25, 0.3) is 0 Å². The Hall–Kier alpha value is -1.43. The van der Waals surface area contributed by atoms with Gasteiger partial charge in [-0.15, -0.1) is 0 Å². The summed E-state index contributed by atoms with van der Waals surface area (Å²) in [7, 11) is 2.13. The van der Waals surface area contributed by atoms with E-state index in [1.54, 1.807) is 0 Å². The van der Waals surface area contributed by atoms with Crippen LogP contribution in [0, 0.1) is 5.41 Å². The Morgan fingerprint density at radius 3 is 2.50 bits per heavy atom. The van der Waals surface area contributed by atoms with Crippen LogP contribution in [-0.4, -0.2) is 79.6 Å². The number of carbonyl (C=O) groups is 1. The van der Waals surface area contributed by atoms with E-state index in [4.69, 9.17) is 4.74 Å². The molecule has 1 amide bonds. The van der Waals surface area contributed by atoms with Crippen molar-refractivity contribution in [3.8, 4) is 0 Å². The van der Waals surface area contributed by atoms with Crippen molar-refractivity contribution in [2.24, 2.45) is 5.41 Å². The zero-order valence-electron chi connectivity index (χ0n) is 15.9. The van der Waals surface area contributed by atoms with Gasteiger partial charge in [-0.3, -0.25) is 14.6 Å². The highest BCUT2D eigenvalue weighted by atomic mass is 16.5. The quantitative estimate of drug-likeness (QED) is 0.827. The molecule has 26 heavy (non-hydrogen) atoms. The molecular weight excluding hydrogens is 326 g/mol. The average Bonchev–Trinajstić information content (AvgIpc) is 3.01. The summed E-state index contributed by atoms with van der Waals surface area (Å²) in [5, 5.41) is 0. The topological polar surface area (TPSA) is 36.0 Å². The largest absolute Gasteiger partial charge is 0.378 e. The highest BCUT2D eigenvalue weighted by Crippen LogP contribution is 2.43. The zero-order valence-corrected chi connectivity index (χ0v) is 15.9. The minimum atomic E-state index is 0.0637. The average molecular weight is 357 g/mol. The van der Waals surface area contributed by atoms with E-state index in [1.165, 1.54) is 18.4 Å². The van der Waals surface area contributed by atoms with Gasteiger partial charge in [0, 0.05) is 26.2 Å². The Kier molecular flexibility index (Phi) is 5.30. The summed E-state index contributed by atoms with van der Waals surface area (Å²) in [4.78, 5) is 19.8. The number of likely N-dealkylation sites (N-methyl/N-ethyl adjacent to an activating group) is 1. The molecule has 0 N–H and O–H groups in total. The maximum atomic E-state index is 13.0. The molecule has 1 aromatic rings. The minimum Gasteiger partial charge on any atom is -0.378 e. The molecule has 5 heteroatoms. The fourth-order valence-electron chi connectivity index (χ4n) is 4.93. The first-order valence-corrected chi connectivity index (χ1v) is 9.98. The molecule has 0 bridgehead atoms. The molecule has 142 valence electrons. The Morgan fingerprint density at radius 1 is 1.12 bits per heavy atom. The predicted octanol–water partition coefficient (Wildman–Crippen LogP) is 1.83. The Labute approximate surface area is 156 Å². The van der Waals surface area contributed by atoms with Crippen molar-refractivity contribution in [2.45, 2.75) is 31.8 Å². The molecule has 1 aromatic carbocycles. The van der Waals surface area contributed by atoms with E-state index < -0.39 is 0 Å².